The number of aromatic nitrogens is 2. The van der Waals surface area contributed by atoms with E-state index >= 15 is 0 Å². The van der Waals surface area contributed by atoms with Gasteiger partial charge in [-0.3, -0.25) is 0 Å². The zero-order chi connectivity index (χ0) is 39.2. The van der Waals surface area contributed by atoms with Crippen molar-refractivity contribution in [2.24, 2.45) is 0 Å². The van der Waals surface area contributed by atoms with Crippen LogP contribution in [0.4, 0.5) is 0 Å². The summed E-state index contributed by atoms with van der Waals surface area (Å²) in [5, 5.41) is 2.55. The molecule has 2 nitrogen and oxygen atoms in total. The molecule has 2 aliphatic rings. The predicted octanol–water partition coefficient (Wildman–Crippen LogP) is 14.6. The van der Waals surface area contributed by atoms with Gasteiger partial charge in [-0.05, 0) is 108 Å². The summed E-state index contributed by atoms with van der Waals surface area (Å²) in [6.45, 7) is 9.41. The lowest BCUT2D eigenvalue weighted by atomic mass is 9.81. The van der Waals surface area contributed by atoms with Crippen LogP contribution < -0.4 is 0 Å². The van der Waals surface area contributed by atoms with Gasteiger partial charge < -0.3 is 0 Å². The van der Waals surface area contributed by atoms with Gasteiger partial charge in [-0.15, -0.1) is 0 Å². The number of hydrogen-bond donors (Lipinski definition) is 0. The van der Waals surface area contributed by atoms with Crippen LogP contribution in [0.5, 0.6) is 0 Å². The van der Waals surface area contributed by atoms with Crippen LogP contribution in [0, 0.1) is 0 Å². The van der Waals surface area contributed by atoms with E-state index in [1.54, 1.807) is 0 Å². The maximum absolute atomic E-state index is 5.30. The van der Waals surface area contributed by atoms with E-state index in [4.69, 9.17) is 9.97 Å². The third-order valence-electron chi connectivity index (χ3n) is 12.9. The smallest absolute Gasteiger partial charge is 0.160 e. The van der Waals surface area contributed by atoms with Gasteiger partial charge in [-0.2, -0.15) is 0 Å². The Morgan fingerprint density at radius 2 is 0.862 bits per heavy atom. The van der Waals surface area contributed by atoms with Gasteiger partial charge in [0.15, 0.2) is 5.82 Å². The van der Waals surface area contributed by atoms with Crippen LogP contribution in [-0.2, 0) is 10.8 Å². The van der Waals surface area contributed by atoms with Crippen LogP contribution in [-0.4, -0.2) is 9.97 Å². The van der Waals surface area contributed by atoms with Gasteiger partial charge in [0, 0.05) is 27.5 Å². The summed E-state index contributed by atoms with van der Waals surface area (Å²) in [5.74, 6) is 0.710. The lowest BCUT2D eigenvalue weighted by Gasteiger charge is -2.22. The molecule has 0 radical (unpaired) electrons. The maximum Gasteiger partial charge on any atom is 0.160 e. The lowest BCUT2D eigenvalue weighted by molar-refractivity contribution is 0.660. The average Bonchev–Trinajstić information content (AvgIpc) is 3.64. The number of rotatable bonds is 5. The Bertz CT molecular complexity index is 3110. The normalized spacial score (nSPS) is 14.1. The Hall–Kier alpha value is -6.90. The standard InChI is InChI=1S/C56H42N2/c1-55(2)47-26-13-12-23-43(47)44-29-28-39(33-49(44)55)41-22-10-11-24-45(41)52-34-51(57-54(58-52)35-16-6-5-7-17-35)40-21-14-20-38(30-40)42-25-15-27-48-53(42)46-31-36-18-8-9-19-37(36)32-50(46)56(48,3)4/h5-34H,1-4H3. The first-order valence-electron chi connectivity index (χ1n) is 20.3. The molecule has 1 aromatic heterocycles. The first kappa shape index (κ1) is 34.4. The summed E-state index contributed by atoms with van der Waals surface area (Å²) in [6, 6.07) is 66.3. The van der Waals surface area contributed by atoms with E-state index in [2.05, 4.69) is 204 Å². The molecule has 0 unspecified atom stereocenters. The monoisotopic (exact) mass is 742 g/mol. The van der Waals surface area contributed by atoms with Gasteiger partial charge in [0.05, 0.1) is 11.4 Å². The molecule has 9 aromatic rings. The third-order valence-corrected chi connectivity index (χ3v) is 12.9. The molecule has 1 heterocycles. The quantitative estimate of drug-likeness (QED) is 0.175. The highest BCUT2D eigenvalue weighted by atomic mass is 14.9. The number of nitrogens with zero attached hydrogens (tertiary/aromatic N) is 2. The van der Waals surface area contributed by atoms with E-state index in [1.807, 2.05) is 6.07 Å². The second-order valence-corrected chi connectivity index (χ2v) is 17.0. The Balaban J connectivity index is 1.06. The highest BCUT2D eigenvalue weighted by Gasteiger charge is 2.38. The minimum absolute atomic E-state index is 0.0883. The predicted molar refractivity (Wildman–Crippen MR) is 242 cm³/mol. The zero-order valence-corrected chi connectivity index (χ0v) is 33.2. The molecule has 58 heavy (non-hydrogen) atoms. The van der Waals surface area contributed by atoms with Gasteiger partial charge in [0.2, 0.25) is 0 Å². The van der Waals surface area contributed by atoms with Crippen LogP contribution in [0.1, 0.15) is 49.9 Å². The van der Waals surface area contributed by atoms with E-state index in [0.717, 1.165) is 33.6 Å². The van der Waals surface area contributed by atoms with Crippen molar-refractivity contribution in [1.82, 2.24) is 9.97 Å². The molecule has 2 aliphatic carbocycles. The summed E-state index contributed by atoms with van der Waals surface area (Å²) in [4.78, 5) is 10.6. The number of hydrogen-bond acceptors (Lipinski definition) is 2. The molecule has 0 amide bonds. The van der Waals surface area contributed by atoms with Crippen molar-refractivity contribution in [3.05, 3.63) is 204 Å². The molecule has 11 rings (SSSR count). The maximum atomic E-state index is 5.30. The highest BCUT2D eigenvalue weighted by molar-refractivity contribution is 5.99. The Morgan fingerprint density at radius 3 is 1.69 bits per heavy atom. The van der Waals surface area contributed by atoms with Crippen molar-refractivity contribution in [2.45, 2.75) is 38.5 Å². The fourth-order valence-corrected chi connectivity index (χ4v) is 9.84. The highest BCUT2D eigenvalue weighted by Crippen LogP contribution is 2.54. The summed E-state index contributed by atoms with van der Waals surface area (Å²) in [7, 11) is 0. The lowest BCUT2D eigenvalue weighted by Crippen LogP contribution is -2.14. The molecule has 8 aromatic carbocycles. The molecule has 0 saturated carbocycles. The Labute approximate surface area is 340 Å². The largest absolute Gasteiger partial charge is 0.228 e. The van der Waals surface area contributed by atoms with E-state index in [9.17, 15) is 0 Å². The first-order chi connectivity index (χ1) is 28.3. The topological polar surface area (TPSA) is 25.8 Å². The second kappa shape index (κ2) is 12.8. The Morgan fingerprint density at radius 1 is 0.310 bits per heavy atom. The van der Waals surface area contributed by atoms with Gasteiger partial charge in [-0.25, -0.2) is 9.97 Å². The van der Waals surface area contributed by atoms with Gasteiger partial charge >= 0.3 is 0 Å². The molecular formula is C56H42N2. The molecular weight excluding hydrogens is 701 g/mol. The van der Waals surface area contributed by atoms with E-state index in [1.165, 1.54) is 72.0 Å². The summed E-state index contributed by atoms with van der Waals surface area (Å²) in [6.07, 6.45) is 0. The molecule has 0 bridgehead atoms. The van der Waals surface area contributed by atoms with Crippen molar-refractivity contribution in [2.75, 3.05) is 0 Å². The van der Waals surface area contributed by atoms with Gasteiger partial charge in [0.1, 0.15) is 0 Å². The summed E-state index contributed by atoms with van der Waals surface area (Å²) in [5.41, 5.74) is 20.3. The molecule has 0 N–H and O–H groups in total. The Kier molecular flexibility index (Phi) is 7.59. The average molecular weight is 743 g/mol. The second-order valence-electron chi connectivity index (χ2n) is 17.0. The van der Waals surface area contributed by atoms with Crippen LogP contribution in [0.25, 0.3) is 89.2 Å². The summed E-state index contributed by atoms with van der Waals surface area (Å²) >= 11 is 0. The number of fused-ring (bicyclic) bond motifs is 7. The van der Waals surface area contributed by atoms with Crippen molar-refractivity contribution in [3.8, 4) is 78.4 Å². The fraction of sp³-hybridized carbons (Fsp3) is 0.107. The molecule has 276 valence electrons. The molecule has 2 heteroatoms. The molecule has 0 atom stereocenters. The third kappa shape index (κ3) is 5.25. The van der Waals surface area contributed by atoms with Crippen LogP contribution in [0.15, 0.2) is 182 Å². The fourth-order valence-electron chi connectivity index (χ4n) is 9.84. The zero-order valence-electron chi connectivity index (χ0n) is 33.2. The van der Waals surface area contributed by atoms with Crippen LogP contribution in [0.3, 0.4) is 0 Å². The number of benzene rings is 8. The SMILES string of the molecule is CC1(C)c2ccccc2-c2ccc(-c3ccccc3-c3cc(-c4cccc(-c5cccc6c5-c5cc7ccccc7cc5C6(C)C)c4)nc(-c4ccccc4)n3)cc21. The van der Waals surface area contributed by atoms with Crippen LogP contribution in [0.2, 0.25) is 0 Å². The van der Waals surface area contributed by atoms with Crippen molar-refractivity contribution in [1.29, 1.82) is 0 Å². The van der Waals surface area contributed by atoms with Gasteiger partial charge in [0.25, 0.3) is 0 Å². The van der Waals surface area contributed by atoms with E-state index in [0.29, 0.717) is 5.82 Å². The van der Waals surface area contributed by atoms with Crippen LogP contribution >= 0.6 is 0 Å². The van der Waals surface area contributed by atoms with Gasteiger partial charge in [-0.1, -0.05) is 179 Å². The minimum atomic E-state index is -0.111. The molecule has 0 saturated heterocycles. The molecule has 0 aliphatic heterocycles. The van der Waals surface area contributed by atoms with Crippen molar-refractivity contribution in [3.63, 3.8) is 0 Å². The molecule has 0 spiro atoms. The summed E-state index contributed by atoms with van der Waals surface area (Å²) < 4.78 is 0. The van der Waals surface area contributed by atoms with E-state index < -0.39 is 0 Å². The van der Waals surface area contributed by atoms with Crippen molar-refractivity contribution < 1.29 is 0 Å². The van der Waals surface area contributed by atoms with Crippen molar-refractivity contribution >= 4 is 10.8 Å². The minimum Gasteiger partial charge on any atom is -0.228 e. The molecule has 0 fully saturated rings. The van der Waals surface area contributed by atoms with E-state index in [-0.39, 0.29) is 10.8 Å². The first-order valence-corrected chi connectivity index (χ1v) is 20.3.